The molecule has 2 aromatic carbocycles. The zero-order valence-corrected chi connectivity index (χ0v) is 12.7. The summed E-state index contributed by atoms with van der Waals surface area (Å²) in [4.78, 5) is 12.1. The molecule has 3 N–H and O–H groups in total. The first-order valence-electron chi connectivity index (χ1n) is 6.02. The van der Waals surface area contributed by atoms with Crippen LogP contribution in [0.3, 0.4) is 0 Å². The Morgan fingerprint density at radius 2 is 1.95 bits per heavy atom. The van der Waals surface area contributed by atoms with Crippen LogP contribution in [0, 0.1) is 19.7 Å². The first-order valence-corrected chi connectivity index (χ1v) is 6.81. The SMILES string of the molecule is Cc1ccc(N)c(NC(=O)c2ccc(Br)cc2F)c1C. The largest absolute Gasteiger partial charge is 0.397 e. The highest BCUT2D eigenvalue weighted by Gasteiger charge is 2.15. The average Bonchev–Trinajstić information content (AvgIpc) is 2.39. The molecule has 0 atom stereocenters. The van der Waals surface area contributed by atoms with Crippen molar-refractivity contribution in [2.24, 2.45) is 0 Å². The van der Waals surface area contributed by atoms with Gasteiger partial charge in [0.25, 0.3) is 5.91 Å². The molecule has 0 saturated carbocycles. The van der Waals surface area contributed by atoms with Crippen LogP contribution >= 0.6 is 15.9 Å². The second kappa shape index (κ2) is 5.63. The van der Waals surface area contributed by atoms with E-state index in [2.05, 4.69) is 21.2 Å². The molecule has 5 heteroatoms. The molecule has 3 nitrogen and oxygen atoms in total. The van der Waals surface area contributed by atoms with Crippen molar-refractivity contribution in [2.75, 3.05) is 11.1 Å². The molecule has 0 bridgehead atoms. The van der Waals surface area contributed by atoms with E-state index in [0.29, 0.717) is 15.8 Å². The Balaban J connectivity index is 2.35. The van der Waals surface area contributed by atoms with Crippen molar-refractivity contribution < 1.29 is 9.18 Å². The maximum atomic E-state index is 13.8. The summed E-state index contributed by atoms with van der Waals surface area (Å²) in [6.07, 6.45) is 0. The maximum Gasteiger partial charge on any atom is 0.258 e. The Morgan fingerprint density at radius 1 is 1.25 bits per heavy atom. The Labute approximate surface area is 125 Å². The molecule has 104 valence electrons. The van der Waals surface area contributed by atoms with Gasteiger partial charge in [0, 0.05) is 4.47 Å². The predicted octanol–water partition coefficient (Wildman–Crippen LogP) is 4.04. The van der Waals surface area contributed by atoms with Gasteiger partial charge in [0.2, 0.25) is 0 Å². The lowest BCUT2D eigenvalue weighted by Gasteiger charge is -2.13. The fraction of sp³-hybridized carbons (Fsp3) is 0.133. The smallest absolute Gasteiger partial charge is 0.258 e. The number of carbonyl (C=O) groups excluding carboxylic acids is 1. The third-order valence-corrected chi connectivity index (χ3v) is 3.68. The van der Waals surface area contributed by atoms with Crippen molar-refractivity contribution in [1.29, 1.82) is 0 Å². The van der Waals surface area contributed by atoms with Crippen LogP contribution in [0.25, 0.3) is 0 Å². The summed E-state index contributed by atoms with van der Waals surface area (Å²) < 4.78 is 14.3. The molecule has 0 saturated heterocycles. The van der Waals surface area contributed by atoms with Gasteiger partial charge in [-0.25, -0.2) is 4.39 Å². The summed E-state index contributed by atoms with van der Waals surface area (Å²) in [7, 11) is 0. The standard InChI is InChI=1S/C15H14BrFN2O/c1-8-3-6-13(18)14(9(8)2)19-15(20)11-5-4-10(16)7-12(11)17/h3-7H,18H2,1-2H3,(H,19,20). The summed E-state index contributed by atoms with van der Waals surface area (Å²) in [5.74, 6) is -1.10. The van der Waals surface area contributed by atoms with Crippen LogP contribution in [0.15, 0.2) is 34.8 Å². The highest BCUT2D eigenvalue weighted by atomic mass is 79.9. The number of nitrogens with two attached hydrogens (primary N) is 1. The van der Waals surface area contributed by atoms with E-state index in [1.807, 2.05) is 19.9 Å². The van der Waals surface area contributed by atoms with Gasteiger partial charge in [-0.3, -0.25) is 4.79 Å². The number of nitrogen functional groups attached to an aromatic ring is 1. The number of amides is 1. The molecule has 1 amide bonds. The number of benzene rings is 2. The van der Waals surface area contributed by atoms with Crippen LogP contribution in [0.5, 0.6) is 0 Å². The second-order valence-electron chi connectivity index (χ2n) is 4.55. The Hall–Kier alpha value is -1.88. The van der Waals surface area contributed by atoms with E-state index in [-0.39, 0.29) is 5.56 Å². The molecule has 0 radical (unpaired) electrons. The van der Waals surface area contributed by atoms with E-state index in [0.717, 1.165) is 11.1 Å². The maximum absolute atomic E-state index is 13.8. The lowest BCUT2D eigenvalue weighted by Crippen LogP contribution is -2.16. The molecule has 2 aromatic rings. The number of nitrogens with one attached hydrogen (secondary N) is 1. The van der Waals surface area contributed by atoms with Gasteiger partial charge in [-0.15, -0.1) is 0 Å². The Morgan fingerprint density at radius 3 is 2.60 bits per heavy atom. The molecule has 20 heavy (non-hydrogen) atoms. The third kappa shape index (κ3) is 2.82. The van der Waals surface area contributed by atoms with Crippen molar-refractivity contribution >= 4 is 33.2 Å². The first kappa shape index (κ1) is 14.5. The van der Waals surface area contributed by atoms with Crippen LogP contribution in [0.1, 0.15) is 21.5 Å². The molecule has 0 fully saturated rings. The minimum Gasteiger partial charge on any atom is -0.397 e. The minimum absolute atomic E-state index is 0.0199. The monoisotopic (exact) mass is 336 g/mol. The van der Waals surface area contributed by atoms with Gasteiger partial charge in [0.1, 0.15) is 5.82 Å². The van der Waals surface area contributed by atoms with Crippen molar-refractivity contribution in [3.8, 4) is 0 Å². The lowest BCUT2D eigenvalue weighted by atomic mass is 10.1. The van der Waals surface area contributed by atoms with E-state index in [9.17, 15) is 9.18 Å². The lowest BCUT2D eigenvalue weighted by molar-refractivity contribution is 0.102. The number of carbonyl (C=O) groups is 1. The molecule has 0 aliphatic heterocycles. The number of anilines is 2. The molecular formula is C15H14BrFN2O. The van der Waals surface area contributed by atoms with Gasteiger partial charge in [-0.1, -0.05) is 22.0 Å². The quantitative estimate of drug-likeness (QED) is 0.813. The molecule has 0 heterocycles. The van der Waals surface area contributed by atoms with Gasteiger partial charge >= 0.3 is 0 Å². The fourth-order valence-corrected chi connectivity index (χ4v) is 2.19. The predicted molar refractivity (Wildman–Crippen MR) is 82.4 cm³/mol. The van der Waals surface area contributed by atoms with Crippen LogP contribution < -0.4 is 11.1 Å². The second-order valence-corrected chi connectivity index (χ2v) is 5.47. The summed E-state index contributed by atoms with van der Waals surface area (Å²) >= 11 is 3.15. The van der Waals surface area contributed by atoms with E-state index >= 15 is 0 Å². The molecule has 0 spiro atoms. The highest BCUT2D eigenvalue weighted by Crippen LogP contribution is 2.27. The topological polar surface area (TPSA) is 55.1 Å². The number of hydrogen-bond donors (Lipinski definition) is 2. The zero-order chi connectivity index (χ0) is 14.9. The van der Waals surface area contributed by atoms with Crippen LogP contribution in [-0.4, -0.2) is 5.91 Å². The highest BCUT2D eigenvalue weighted by molar-refractivity contribution is 9.10. The summed E-state index contributed by atoms with van der Waals surface area (Å²) in [6.45, 7) is 3.78. The summed E-state index contributed by atoms with van der Waals surface area (Å²) in [6, 6.07) is 7.89. The summed E-state index contributed by atoms with van der Waals surface area (Å²) in [5, 5.41) is 2.68. The molecule has 0 aliphatic carbocycles. The first-order chi connectivity index (χ1) is 9.40. The average molecular weight is 337 g/mol. The Kier molecular flexibility index (Phi) is 4.09. The van der Waals surface area contributed by atoms with Gasteiger partial charge < -0.3 is 11.1 Å². The number of halogens is 2. The number of rotatable bonds is 2. The molecule has 0 aromatic heterocycles. The van der Waals surface area contributed by atoms with Gasteiger partial charge in [0.05, 0.1) is 16.9 Å². The van der Waals surface area contributed by atoms with E-state index < -0.39 is 11.7 Å². The van der Waals surface area contributed by atoms with Crippen molar-refractivity contribution in [3.63, 3.8) is 0 Å². The normalized spacial score (nSPS) is 10.4. The van der Waals surface area contributed by atoms with Crippen molar-refractivity contribution in [3.05, 3.63) is 57.3 Å². The van der Waals surface area contributed by atoms with E-state index in [1.54, 1.807) is 12.1 Å². The molecule has 0 aliphatic rings. The molecule has 2 rings (SSSR count). The number of aryl methyl sites for hydroxylation is 1. The minimum atomic E-state index is -0.583. The van der Waals surface area contributed by atoms with E-state index in [1.165, 1.54) is 12.1 Å². The summed E-state index contributed by atoms with van der Waals surface area (Å²) in [5.41, 5.74) is 8.70. The van der Waals surface area contributed by atoms with Gasteiger partial charge in [0.15, 0.2) is 0 Å². The van der Waals surface area contributed by atoms with Crippen LogP contribution in [0.4, 0.5) is 15.8 Å². The van der Waals surface area contributed by atoms with Crippen molar-refractivity contribution in [2.45, 2.75) is 13.8 Å². The van der Waals surface area contributed by atoms with E-state index in [4.69, 9.17) is 5.73 Å². The Bertz CT molecular complexity index is 686. The zero-order valence-electron chi connectivity index (χ0n) is 11.1. The van der Waals surface area contributed by atoms with Gasteiger partial charge in [-0.05, 0) is 49.2 Å². The van der Waals surface area contributed by atoms with Crippen LogP contribution in [0.2, 0.25) is 0 Å². The third-order valence-electron chi connectivity index (χ3n) is 3.18. The fourth-order valence-electron chi connectivity index (χ4n) is 1.86. The molecular weight excluding hydrogens is 323 g/mol. The van der Waals surface area contributed by atoms with Crippen LogP contribution in [-0.2, 0) is 0 Å². The molecule has 0 unspecified atom stereocenters. The van der Waals surface area contributed by atoms with Crippen molar-refractivity contribution in [1.82, 2.24) is 0 Å². The van der Waals surface area contributed by atoms with Gasteiger partial charge in [-0.2, -0.15) is 0 Å². The number of hydrogen-bond acceptors (Lipinski definition) is 2.